The largest absolute Gasteiger partial charge is 0.491 e. The van der Waals surface area contributed by atoms with Gasteiger partial charge in [-0.25, -0.2) is 9.97 Å². The van der Waals surface area contributed by atoms with Gasteiger partial charge in [0, 0.05) is 17.8 Å². The van der Waals surface area contributed by atoms with Gasteiger partial charge in [0.25, 0.3) is 5.91 Å². The minimum absolute atomic E-state index is 0.0869. The van der Waals surface area contributed by atoms with Crippen LogP contribution in [0.25, 0.3) is 16.9 Å². The van der Waals surface area contributed by atoms with Gasteiger partial charge >= 0.3 is 0 Å². The first-order chi connectivity index (χ1) is 15.7. The number of para-hydroxylation sites is 1. The van der Waals surface area contributed by atoms with Crippen LogP contribution in [0.2, 0.25) is 0 Å². The van der Waals surface area contributed by atoms with Crippen LogP contribution in [-0.2, 0) is 6.42 Å². The lowest BCUT2D eigenvalue weighted by molar-refractivity contribution is 0.0917. The quantitative estimate of drug-likeness (QED) is 0.539. The molecule has 1 saturated carbocycles. The van der Waals surface area contributed by atoms with Crippen molar-refractivity contribution in [1.29, 1.82) is 0 Å². The lowest BCUT2D eigenvalue weighted by atomic mass is 10.0. The summed E-state index contributed by atoms with van der Waals surface area (Å²) in [4.78, 5) is 22.8. The monoisotopic (exact) mass is 425 g/mol. The van der Waals surface area contributed by atoms with Gasteiger partial charge in [-0.15, -0.1) is 0 Å². The van der Waals surface area contributed by atoms with Gasteiger partial charge in [-0.1, -0.05) is 24.3 Å². The molecule has 1 aliphatic heterocycles. The molecule has 1 aromatic carbocycles. The second-order valence-electron chi connectivity index (χ2n) is 8.55. The third-order valence-corrected chi connectivity index (χ3v) is 6.15. The highest BCUT2D eigenvalue weighted by Gasteiger charge is 2.30. The van der Waals surface area contributed by atoms with Crippen LogP contribution in [0, 0.1) is 6.92 Å². The molecule has 0 radical (unpaired) electrons. The van der Waals surface area contributed by atoms with Crippen molar-refractivity contribution >= 4 is 16.9 Å². The first-order valence-electron chi connectivity index (χ1n) is 11.0. The summed E-state index contributed by atoms with van der Waals surface area (Å²) >= 11 is 0. The lowest BCUT2D eigenvalue weighted by Crippen LogP contribution is -2.42. The second kappa shape index (κ2) is 7.44. The summed E-state index contributed by atoms with van der Waals surface area (Å²) in [5.74, 6) is 1.88. The standard InChI is InChI=1S/C25H23N5O2/c1-15-23-19(25(31)27-18-12-17-6-2-3-7-21(17)32-14-18)13-20(16-9-10-16)28-24(23)30(29-15)22-8-4-5-11-26-22/h2-8,11,13,16,18H,9-10,12,14H2,1H3,(H,27,31). The molecule has 160 valence electrons. The number of hydrogen-bond donors (Lipinski definition) is 1. The Labute approximate surface area is 185 Å². The van der Waals surface area contributed by atoms with Gasteiger partial charge in [-0.3, -0.25) is 4.79 Å². The molecule has 1 aliphatic carbocycles. The van der Waals surface area contributed by atoms with Crippen molar-refractivity contribution in [3.63, 3.8) is 0 Å². The minimum Gasteiger partial charge on any atom is -0.491 e. The summed E-state index contributed by atoms with van der Waals surface area (Å²) in [5.41, 5.74) is 4.12. The fraction of sp³-hybridized carbons (Fsp3) is 0.280. The number of carbonyl (C=O) groups excluding carboxylic acids is 1. The van der Waals surface area contributed by atoms with Crippen molar-refractivity contribution < 1.29 is 9.53 Å². The Bertz CT molecular complexity index is 1330. The highest BCUT2D eigenvalue weighted by atomic mass is 16.5. The molecule has 1 fully saturated rings. The van der Waals surface area contributed by atoms with E-state index >= 15 is 0 Å². The van der Waals surface area contributed by atoms with Crippen LogP contribution in [0.1, 0.15) is 46.1 Å². The Hall–Kier alpha value is -3.74. The minimum atomic E-state index is -0.115. The van der Waals surface area contributed by atoms with E-state index in [0.717, 1.165) is 47.3 Å². The van der Waals surface area contributed by atoms with E-state index in [4.69, 9.17) is 9.72 Å². The van der Waals surface area contributed by atoms with E-state index in [2.05, 4.69) is 15.4 Å². The van der Waals surface area contributed by atoms with E-state index in [1.807, 2.05) is 55.5 Å². The number of nitrogens with one attached hydrogen (secondary N) is 1. The molecule has 6 rings (SSSR count). The van der Waals surface area contributed by atoms with Crippen molar-refractivity contribution in [2.24, 2.45) is 0 Å². The molecule has 32 heavy (non-hydrogen) atoms. The maximum atomic E-state index is 13.5. The number of amides is 1. The number of nitrogens with zero attached hydrogens (tertiary/aromatic N) is 4. The number of hydrogen-bond acceptors (Lipinski definition) is 5. The number of fused-ring (bicyclic) bond motifs is 2. The lowest BCUT2D eigenvalue weighted by Gasteiger charge is -2.26. The van der Waals surface area contributed by atoms with Crippen LogP contribution in [0.3, 0.4) is 0 Å². The summed E-state index contributed by atoms with van der Waals surface area (Å²) in [6.45, 7) is 2.37. The average molecular weight is 425 g/mol. The molecule has 0 bridgehead atoms. The summed E-state index contributed by atoms with van der Waals surface area (Å²) in [6.07, 6.45) is 4.68. The molecule has 0 saturated heterocycles. The van der Waals surface area contributed by atoms with Gasteiger partial charge in [0.05, 0.1) is 22.7 Å². The predicted octanol–water partition coefficient (Wildman–Crippen LogP) is 3.73. The molecular formula is C25H23N5O2. The number of pyridine rings is 2. The van der Waals surface area contributed by atoms with Crippen molar-refractivity contribution in [2.75, 3.05) is 6.61 Å². The van der Waals surface area contributed by atoms with Crippen LogP contribution < -0.4 is 10.1 Å². The third-order valence-electron chi connectivity index (χ3n) is 6.15. The summed E-state index contributed by atoms with van der Waals surface area (Å²) in [6, 6.07) is 15.5. The Morgan fingerprint density at radius 1 is 1.16 bits per heavy atom. The van der Waals surface area contributed by atoms with Crippen LogP contribution in [-0.4, -0.2) is 38.3 Å². The maximum absolute atomic E-state index is 13.5. The Kier molecular flexibility index (Phi) is 4.41. The topological polar surface area (TPSA) is 81.9 Å². The smallest absolute Gasteiger partial charge is 0.252 e. The van der Waals surface area contributed by atoms with Crippen molar-refractivity contribution in [1.82, 2.24) is 25.1 Å². The van der Waals surface area contributed by atoms with Gasteiger partial charge in [-0.05, 0) is 56.0 Å². The van der Waals surface area contributed by atoms with E-state index < -0.39 is 0 Å². The average Bonchev–Trinajstić information content (AvgIpc) is 3.63. The van der Waals surface area contributed by atoms with E-state index in [9.17, 15) is 4.79 Å². The number of ether oxygens (including phenoxy) is 1. The van der Waals surface area contributed by atoms with E-state index in [0.29, 0.717) is 29.6 Å². The zero-order valence-electron chi connectivity index (χ0n) is 17.8. The molecule has 7 nitrogen and oxygen atoms in total. The highest BCUT2D eigenvalue weighted by molar-refractivity contribution is 6.07. The number of carbonyl (C=O) groups is 1. The van der Waals surface area contributed by atoms with Crippen LogP contribution in [0.5, 0.6) is 5.75 Å². The Balaban J connectivity index is 1.39. The van der Waals surface area contributed by atoms with E-state index in [1.165, 1.54) is 0 Å². The van der Waals surface area contributed by atoms with Gasteiger partial charge in [0.2, 0.25) is 0 Å². The van der Waals surface area contributed by atoms with Crippen molar-refractivity contribution in [2.45, 2.75) is 38.1 Å². The molecule has 0 spiro atoms. The van der Waals surface area contributed by atoms with Crippen molar-refractivity contribution in [3.8, 4) is 11.6 Å². The SMILES string of the molecule is Cc1nn(-c2ccccn2)c2nc(C3CC3)cc(C(=O)NC3COc4ccccc4C3)c12. The predicted molar refractivity (Wildman–Crippen MR) is 120 cm³/mol. The maximum Gasteiger partial charge on any atom is 0.252 e. The Morgan fingerprint density at radius 3 is 2.81 bits per heavy atom. The summed E-state index contributed by atoms with van der Waals surface area (Å²) in [5, 5.41) is 8.65. The summed E-state index contributed by atoms with van der Waals surface area (Å²) < 4.78 is 7.61. The number of rotatable bonds is 4. The molecule has 3 aromatic heterocycles. The molecule has 4 heterocycles. The fourth-order valence-electron chi connectivity index (χ4n) is 4.40. The molecule has 1 N–H and O–H groups in total. The molecule has 1 atom stereocenters. The van der Waals surface area contributed by atoms with Gasteiger partial charge in [-0.2, -0.15) is 9.78 Å². The number of aromatic nitrogens is 4. The van der Waals surface area contributed by atoms with Crippen LogP contribution >= 0.6 is 0 Å². The normalized spacial score (nSPS) is 17.6. The molecule has 1 amide bonds. The fourth-order valence-corrected chi connectivity index (χ4v) is 4.40. The molecule has 2 aliphatic rings. The third kappa shape index (κ3) is 3.30. The van der Waals surface area contributed by atoms with Gasteiger partial charge in [0.15, 0.2) is 11.5 Å². The first-order valence-corrected chi connectivity index (χ1v) is 11.0. The highest BCUT2D eigenvalue weighted by Crippen LogP contribution is 2.40. The molecule has 1 unspecified atom stereocenters. The van der Waals surface area contributed by atoms with Crippen LogP contribution in [0.15, 0.2) is 54.7 Å². The molecular weight excluding hydrogens is 402 g/mol. The zero-order valence-corrected chi connectivity index (χ0v) is 17.8. The number of benzene rings is 1. The van der Waals surface area contributed by atoms with Gasteiger partial charge in [0.1, 0.15) is 12.4 Å². The zero-order chi connectivity index (χ0) is 21.7. The first kappa shape index (κ1) is 19.0. The number of aryl methyl sites for hydroxylation is 1. The van der Waals surface area contributed by atoms with Gasteiger partial charge < -0.3 is 10.1 Å². The van der Waals surface area contributed by atoms with E-state index in [-0.39, 0.29) is 11.9 Å². The second-order valence-corrected chi connectivity index (χ2v) is 8.55. The summed E-state index contributed by atoms with van der Waals surface area (Å²) in [7, 11) is 0. The molecule has 4 aromatic rings. The molecule has 7 heteroatoms. The van der Waals surface area contributed by atoms with Crippen molar-refractivity contribution in [3.05, 3.63) is 77.2 Å². The Morgan fingerprint density at radius 2 is 2.00 bits per heavy atom. The van der Waals surface area contributed by atoms with Crippen LogP contribution in [0.4, 0.5) is 0 Å². The van der Waals surface area contributed by atoms with E-state index in [1.54, 1.807) is 10.9 Å².